The smallest absolute Gasteiger partial charge is 0.366 e. The molecule has 0 atom stereocenters. The molecule has 9 rings (SSSR count). The van der Waals surface area contributed by atoms with Crippen LogP contribution in [0, 0.1) is 12.3 Å². The molecule has 5 heteroatoms. The van der Waals surface area contributed by atoms with Crippen molar-refractivity contribution in [2.75, 3.05) is 0 Å². The molecule has 0 aliphatic heterocycles. The first-order valence-electron chi connectivity index (χ1n) is 24.0. The van der Waals surface area contributed by atoms with E-state index in [0.717, 1.165) is 28.3 Å². The van der Waals surface area contributed by atoms with Crippen molar-refractivity contribution < 1.29 is 21.1 Å². The summed E-state index contributed by atoms with van der Waals surface area (Å²) in [4.78, 5) is 14.3. The minimum absolute atomic E-state index is 0. The van der Waals surface area contributed by atoms with Gasteiger partial charge in [0.15, 0.2) is 0 Å². The van der Waals surface area contributed by atoms with Crippen molar-refractivity contribution in [1.82, 2.24) is 15.0 Å². The van der Waals surface area contributed by atoms with E-state index in [0.29, 0.717) is 0 Å². The summed E-state index contributed by atoms with van der Waals surface area (Å²) < 4.78 is 0. The summed E-state index contributed by atoms with van der Waals surface area (Å²) in [7, 11) is 0. The van der Waals surface area contributed by atoms with E-state index in [1.54, 1.807) is 0 Å². The second-order valence-corrected chi connectivity index (χ2v) is 20.8. The summed E-state index contributed by atoms with van der Waals surface area (Å²) >= 11 is 0. The van der Waals surface area contributed by atoms with Crippen LogP contribution in [0.25, 0.3) is 33.9 Å². The standard InChI is InChI=1S/C27H35N3.C24H20B.C14H9.Pt/c1-25(2,3)18-10-12-28-21(14-18)23-16-20(27(7,8)9)17-24(30-23)22-15-19(11-13-29-22)26(4,5)6;1-5-13-21(14-6-1)25(22-15-7-2-8-16-22,23-17-9-3-10-18-23)24-19-11-4-12-20-24;1-2-12-8-10-14(11-9-12)13-6-4-3-5-7-13;/h10-17H,1-9H3;1-20H;3-11H;/q;2*-1;+2. The molecule has 0 saturated heterocycles. The zero-order chi connectivity index (χ0) is 49.1. The van der Waals surface area contributed by atoms with Crippen LogP contribution in [-0.2, 0) is 37.3 Å². The number of nitrogens with zero attached hydrogens (tertiary/aromatic N) is 3. The van der Waals surface area contributed by atoms with E-state index in [1.165, 1.54) is 49.7 Å². The van der Waals surface area contributed by atoms with Crippen molar-refractivity contribution in [2.24, 2.45) is 0 Å². The van der Waals surface area contributed by atoms with Crippen molar-refractivity contribution >= 4 is 28.0 Å². The van der Waals surface area contributed by atoms with Crippen LogP contribution in [0.15, 0.2) is 225 Å². The van der Waals surface area contributed by atoms with E-state index >= 15 is 0 Å². The third-order valence-corrected chi connectivity index (χ3v) is 12.8. The van der Waals surface area contributed by atoms with Gasteiger partial charge in [-0.1, -0.05) is 226 Å². The van der Waals surface area contributed by atoms with Crippen LogP contribution in [0.5, 0.6) is 0 Å². The van der Waals surface area contributed by atoms with Gasteiger partial charge >= 0.3 is 21.1 Å². The molecule has 0 bridgehead atoms. The van der Waals surface area contributed by atoms with Crippen LogP contribution in [0.2, 0.25) is 0 Å². The third-order valence-electron chi connectivity index (χ3n) is 12.8. The van der Waals surface area contributed by atoms with Gasteiger partial charge in [-0.05, 0) is 80.5 Å². The van der Waals surface area contributed by atoms with Crippen LogP contribution in [0.1, 0.15) is 84.6 Å². The maximum atomic E-state index is 6.97. The largest absolute Gasteiger partial charge is 2.00 e. The van der Waals surface area contributed by atoms with Crippen LogP contribution in [0.3, 0.4) is 0 Å². The molecule has 0 amide bonds. The van der Waals surface area contributed by atoms with E-state index < -0.39 is 6.15 Å². The molecule has 0 N–H and O–H groups in total. The van der Waals surface area contributed by atoms with Gasteiger partial charge in [-0.25, -0.2) is 4.98 Å². The van der Waals surface area contributed by atoms with Crippen LogP contribution in [0.4, 0.5) is 0 Å². The van der Waals surface area contributed by atoms with Crippen molar-refractivity contribution in [2.45, 2.75) is 78.6 Å². The summed E-state index contributed by atoms with van der Waals surface area (Å²) in [6.45, 7) is 20.0. The zero-order valence-electron chi connectivity index (χ0n) is 42.1. The molecule has 0 fully saturated rings. The Morgan fingerprint density at radius 2 is 0.657 bits per heavy atom. The monoisotopic (exact) mass is 1090 g/mol. The molecule has 0 unspecified atom stereocenters. The van der Waals surface area contributed by atoms with Gasteiger partial charge < -0.3 is 6.42 Å². The summed E-state index contributed by atoms with van der Waals surface area (Å²) in [5.74, 6) is 2.36. The molecule has 9 aromatic rings. The summed E-state index contributed by atoms with van der Waals surface area (Å²) in [6, 6.07) is 74.4. The Labute approximate surface area is 433 Å². The Morgan fingerprint density at radius 3 is 0.971 bits per heavy atom. The molecule has 352 valence electrons. The normalized spacial score (nSPS) is 11.4. The number of hydrogen-bond donors (Lipinski definition) is 0. The Morgan fingerprint density at radius 1 is 0.357 bits per heavy atom. The Balaban J connectivity index is 0.000000181. The summed E-state index contributed by atoms with van der Waals surface area (Å²) in [5, 5.41) is 0. The number of rotatable bonds is 7. The molecular formula is C65H64BN3Pt. The molecular weight excluding hydrogens is 1030 g/mol. The molecule has 0 aliphatic rings. The van der Waals surface area contributed by atoms with Gasteiger partial charge in [0.05, 0.1) is 22.8 Å². The third kappa shape index (κ3) is 12.8. The predicted molar refractivity (Wildman–Crippen MR) is 295 cm³/mol. The fourth-order valence-electron chi connectivity index (χ4n) is 8.80. The van der Waals surface area contributed by atoms with E-state index in [9.17, 15) is 0 Å². The topological polar surface area (TPSA) is 38.7 Å². The molecule has 0 spiro atoms. The first-order chi connectivity index (χ1) is 33.1. The summed E-state index contributed by atoms with van der Waals surface area (Å²) in [5.41, 5.74) is 16.0. The van der Waals surface area contributed by atoms with Gasteiger partial charge in [-0.15, -0.1) is 17.7 Å². The second-order valence-electron chi connectivity index (χ2n) is 20.8. The van der Waals surface area contributed by atoms with E-state index in [2.05, 4.69) is 248 Å². The molecule has 0 aliphatic carbocycles. The molecule has 3 nitrogen and oxygen atoms in total. The first-order valence-corrected chi connectivity index (χ1v) is 24.0. The van der Waals surface area contributed by atoms with Crippen LogP contribution < -0.4 is 21.9 Å². The first kappa shape index (κ1) is 52.5. The quantitative estimate of drug-likeness (QED) is 0.0907. The minimum Gasteiger partial charge on any atom is -0.366 e. The average Bonchev–Trinajstić information content (AvgIpc) is 3.38. The van der Waals surface area contributed by atoms with Gasteiger partial charge in [0, 0.05) is 12.4 Å². The second kappa shape index (κ2) is 23.1. The maximum Gasteiger partial charge on any atom is 2.00 e. The Bertz CT molecular complexity index is 2840. The Kier molecular flexibility index (Phi) is 17.3. The van der Waals surface area contributed by atoms with Gasteiger partial charge in [-0.2, -0.15) is 21.9 Å². The average molecular weight is 1090 g/mol. The van der Waals surface area contributed by atoms with Gasteiger partial charge in [0.1, 0.15) is 6.15 Å². The van der Waals surface area contributed by atoms with Crippen molar-refractivity contribution in [3.63, 3.8) is 0 Å². The SMILES string of the molecule is CC(C)(C)c1ccnc(-c2cc(C(C)(C)C)cc(-c3cc(C(C)(C)C)ccn3)n2)c1.[C-]#Cc1ccc(-c2ccccc2)cc1.[Pt+2].c1ccc([B-](c2ccccc2)(c2ccccc2)c2ccccc2)cc1. The molecule has 0 radical (unpaired) electrons. The number of hydrogen-bond acceptors (Lipinski definition) is 3. The van der Waals surface area contributed by atoms with Crippen LogP contribution >= 0.6 is 0 Å². The predicted octanol–water partition coefficient (Wildman–Crippen LogP) is 13.5. The number of benzene rings is 6. The van der Waals surface area contributed by atoms with Crippen molar-refractivity contribution in [3.05, 3.63) is 253 Å². The van der Waals surface area contributed by atoms with Gasteiger partial charge in [-0.3, -0.25) is 15.9 Å². The molecule has 6 aromatic carbocycles. The minimum atomic E-state index is -1.22. The number of aromatic nitrogens is 3. The molecule has 0 saturated carbocycles. The molecule has 70 heavy (non-hydrogen) atoms. The Hall–Kier alpha value is -6.92. The molecule has 3 aromatic heterocycles. The number of pyridine rings is 3. The van der Waals surface area contributed by atoms with Crippen molar-refractivity contribution in [3.8, 4) is 39.8 Å². The molecule has 3 heterocycles. The summed E-state index contributed by atoms with van der Waals surface area (Å²) in [6.07, 6.45) is 9.53. The zero-order valence-corrected chi connectivity index (χ0v) is 44.4. The van der Waals surface area contributed by atoms with Crippen LogP contribution in [-0.4, -0.2) is 21.1 Å². The van der Waals surface area contributed by atoms with E-state index in [4.69, 9.17) is 11.4 Å². The van der Waals surface area contributed by atoms with E-state index in [-0.39, 0.29) is 37.3 Å². The fraction of sp³-hybridized carbons (Fsp3) is 0.185. The van der Waals surface area contributed by atoms with E-state index in [1.807, 2.05) is 54.9 Å². The van der Waals surface area contributed by atoms with Crippen molar-refractivity contribution in [1.29, 1.82) is 0 Å². The van der Waals surface area contributed by atoms with Gasteiger partial charge in [0.2, 0.25) is 0 Å². The maximum absolute atomic E-state index is 6.97. The van der Waals surface area contributed by atoms with Gasteiger partial charge in [0.25, 0.3) is 0 Å². The fourth-order valence-corrected chi connectivity index (χ4v) is 8.80.